The molecule has 0 unspecified atom stereocenters. The average molecular weight is 153 g/mol. The summed E-state index contributed by atoms with van der Waals surface area (Å²) in [5.41, 5.74) is 6.23. The number of rotatable bonds is 3. The lowest BCUT2D eigenvalue weighted by Crippen LogP contribution is -2.04. The third-order valence-electron chi connectivity index (χ3n) is 1.29. The highest BCUT2D eigenvalue weighted by Gasteiger charge is 1.94. The molecule has 1 aromatic heterocycles. The minimum Gasteiger partial charge on any atom is -0.480 e. The van der Waals surface area contributed by atoms with Gasteiger partial charge in [-0.05, 0) is 6.54 Å². The van der Waals surface area contributed by atoms with Crippen molar-refractivity contribution >= 4 is 0 Å². The number of aromatic nitrogens is 2. The van der Waals surface area contributed by atoms with Crippen LogP contribution in [0.25, 0.3) is 0 Å². The fraction of sp³-hybridized carbons (Fsp3) is 0.429. The molecule has 60 valence electrons. The van der Waals surface area contributed by atoms with E-state index in [2.05, 4.69) is 9.97 Å². The average Bonchev–Trinajstić information content (AvgIpc) is 2.07. The van der Waals surface area contributed by atoms with E-state index in [1.807, 2.05) is 0 Å². The van der Waals surface area contributed by atoms with Gasteiger partial charge in [0.1, 0.15) is 0 Å². The Bertz CT molecular complexity index is 209. The lowest BCUT2D eigenvalue weighted by atomic mass is 10.3. The molecule has 0 aliphatic heterocycles. The van der Waals surface area contributed by atoms with Crippen LogP contribution in [0.1, 0.15) is 5.69 Å². The van der Waals surface area contributed by atoms with E-state index in [9.17, 15) is 0 Å². The molecule has 0 atom stereocenters. The summed E-state index contributed by atoms with van der Waals surface area (Å²) in [6.45, 7) is 0.598. The minimum absolute atomic E-state index is 0.533. The van der Waals surface area contributed by atoms with Crippen molar-refractivity contribution in [1.29, 1.82) is 0 Å². The number of methoxy groups -OCH3 is 1. The van der Waals surface area contributed by atoms with Gasteiger partial charge in [0.15, 0.2) is 0 Å². The first-order valence-electron chi connectivity index (χ1n) is 3.42. The summed E-state index contributed by atoms with van der Waals surface area (Å²) in [4.78, 5) is 8.05. The van der Waals surface area contributed by atoms with Crippen LogP contribution in [0.3, 0.4) is 0 Å². The first-order chi connectivity index (χ1) is 5.36. The smallest absolute Gasteiger partial charge is 0.231 e. The molecule has 1 rings (SSSR count). The molecule has 0 spiro atoms. The van der Waals surface area contributed by atoms with E-state index in [1.54, 1.807) is 19.5 Å². The Kier molecular flexibility index (Phi) is 2.80. The van der Waals surface area contributed by atoms with Crippen LogP contribution in [0.2, 0.25) is 0 Å². The quantitative estimate of drug-likeness (QED) is 0.663. The molecule has 0 aliphatic rings. The fourth-order valence-corrected chi connectivity index (χ4v) is 0.725. The monoisotopic (exact) mass is 153 g/mol. The van der Waals surface area contributed by atoms with Crippen LogP contribution in [-0.2, 0) is 6.42 Å². The van der Waals surface area contributed by atoms with E-state index < -0.39 is 0 Å². The van der Waals surface area contributed by atoms with E-state index in [1.165, 1.54) is 0 Å². The highest BCUT2D eigenvalue weighted by Crippen LogP contribution is 2.01. The Balaban J connectivity index is 2.66. The maximum Gasteiger partial charge on any atom is 0.231 e. The highest BCUT2D eigenvalue weighted by molar-refractivity contribution is 5.06. The molecule has 0 amide bonds. The van der Waals surface area contributed by atoms with Crippen molar-refractivity contribution in [2.75, 3.05) is 13.7 Å². The largest absolute Gasteiger partial charge is 0.480 e. The van der Waals surface area contributed by atoms with Crippen LogP contribution in [0.4, 0.5) is 0 Å². The van der Waals surface area contributed by atoms with Crippen LogP contribution in [0, 0.1) is 0 Å². The van der Waals surface area contributed by atoms with E-state index in [0.29, 0.717) is 12.4 Å². The summed E-state index contributed by atoms with van der Waals surface area (Å²) in [6, 6.07) is 0. The molecule has 0 aromatic carbocycles. The van der Waals surface area contributed by atoms with Gasteiger partial charge >= 0.3 is 0 Å². The number of nitrogens with zero attached hydrogens (tertiary/aromatic N) is 2. The number of hydrogen-bond donors (Lipinski definition) is 1. The molecule has 1 heterocycles. The van der Waals surface area contributed by atoms with Crippen molar-refractivity contribution in [1.82, 2.24) is 9.97 Å². The Hall–Kier alpha value is -1.16. The zero-order chi connectivity index (χ0) is 8.10. The maximum atomic E-state index is 5.33. The van der Waals surface area contributed by atoms with E-state index >= 15 is 0 Å². The highest BCUT2D eigenvalue weighted by atomic mass is 16.5. The molecule has 0 aliphatic carbocycles. The Labute approximate surface area is 65.4 Å². The van der Waals surface area contributed by atoms with Gasteiger partial charge < -0.3 is 10.5 Å². The molecule has 0 saturated heterocycles. The fourth-order valence-electron chi connectivity index (χ4n) is 0.725. The Morgan fingerprint density at radius 1 is 1.45 bits per heavy atom. The van der Waals surface area contributed by atoms with Crippen molar-refractivity contribution in [3.8, 4) is 5.88 Å². The standard InChI is InChI=1S/C7H11N3O/c1-11-7-5-9-6(2-3-8)4-10-7/h4-5H,2-3,8H2,1H3. The summed E-state index contributed by atoms with van der Waals surface area (Å²) in [7, 11) is 1.56. The summed E-state index contributed by atoms with van der Waals surface area (Å²) < 4.78 is 4.84. The normalized spacial score (nSPS) is 9.64. The van der Waals surface area contributed by atoms with Crippen molar-refractivity contribution in [3.05, 3.63) is 18.1 Å². The SMILES string of the molecule is COc1cnc(CCN)cn1. The van der Waals surface area contributed by atoms with Crippen molar-refractivity contribution in [2.45, 2.75) is 6.42 Å². The number of hydrogen-bond acceptors (Lipinski definition) is 4. The minimum atomic E-state index is 0.533. The Morgan fingerprint density at radius 3 is 2.73 bits per heavy atom. The molecule has 11 heavy (non-hydrogen) atoms. The molecule has 0 bridgehead atoms. The summed E-state index contributed by atoms with van der Waals surface area (Å²) in [5, 5.41) is 0. The zero-order valence-corrected chi connectivity index (χ0v) is 6.45. The van der Waals surface area contributed by atoms with Gasteiger partial charge in [-0.1, -0.05) is 0 Å². The molecular weight excluding hydrogens is 142 g/mol. The van der Waals surface area contributed by atoms with Crippen LogP contribution < -0.4 is 10.5 Å². The predicted molar refractivity (Wildman–Crippen MR) is 41.3 cm³/mol. The van der Waals surface area contributed by atoms with Crippen molar-refractivity contribution in [3.63, 3.8) is 0 Å². The van der Waals surface area contributed by atoms with E-state index in [-0.39, 0.29) is 0 Å². The van der Waals surface area contributed by atoms with Crippen LogP contribution in [0.5, 0.6) is 5.88 Å². The lowest BCUT2D eigenvalue weighted by molar-refractivity contribution is 0.395. The van der Waals surface area contributed by atoms with Crippen LogP contribution in [-0.4, -0.2) is 23.6 Å². The van der Waals surface area contributed by atoms with Crippen molar-refractivity contribution in [2.24, 2.45) is 5.73 Å². The summed E-state index contributed by atoms with van der Waals surface area (Å²) in [6.07, 6.45) is 4.02. The second kappa shape index (κ2) is 3.88. The van der Waals surface area contributed by atoms with E-state index in [4.69, 9.17) is 10.5 Å². The molecule has 0 radical (unpaired) electrons. The van der Waals surface area contributed by atoms with Gasteiger partial charge in [-0.2, -0.15) is 0 Å². The van der Waals surface area contributed by atoms with Gasteiger partial charge in [0, 0.05) is 6.42 Å². The van der Waals surface area contributed by atoms with Gasteiger partial charge in [-0.15, -0.1) is 0 Å². The van der Waals surface area contributed by atoms with Gasteiger partial charge in [0.25, 0.3) is 0 Å². The van der Waals surface area contributed by atoms with Gasteiger partial charge in [0.05, 0.1) is 25.2 Å². The van der Waals surface area contributed by atoms with Gasteiger partial charge in [-0.25, -0.2) is 4.98 Å². The number of nitrogens with two attached hydrogens (primary N) is 1. The Morgan fingerprint density at radius 2 is 2.27 bits per heavy atom. The van der Waals surface area contributed by atoms with Gasteiger partial charge in [0.2, 0.25) is 5.88 Å². The van der Waals surface area contributed by atoms with Crippen LogP contribution >= 0.6 is 0 Å². The molecule has 4 heteroatoms. The van der Waals surface area contributed by atoms with Gasteiger partial charge in [-0.3, -0.25) is 4.98 Å². The maximum absolute atomic E-state index is 5.33. The molecule has 0 saturated carbocycles. The molecule has 1 aromatic rings. The van der Waals surface area contributed by atoms with Crippen LogP contribution in [0.15, 0.2) is 12.4 Å². The van der Waals surface area contributed by atoms with E-state index in [0.717, 1.165) is 12.1 Å². The topological polar surface area (TPSA) is 61.0 Å². The summed E-state index contributed by atoms with van der Waals surface area (Å²) >= 11 is 0. The summed E-state index contributed by atoms with van der Waals surface area (Å²) in [5.74, 6) is 0.533. The van der Waals surface area contributed by atoms with Crippen molar-refractivity contribution < 1.29 is 4.74 Å². The second-order valence-corrected chi connectivity index (χ2v) is 2.09. The number of ether oxygens (including phenoxy) is 1. The molecule has 2 N–H and O–H groups in total. The first kappa shape index (κ1) is 7.94. The third kappa shape index (κ3) is 2.16. The molecule has 0 fully saturated rings. The predicted octanol–water partition coefficient (Wildman–Crippen LogP) is -0.0136. The second-order valence-electron chi connectivity index (χ2n) is 2.09. The molecule has 4 nitrogen and oxygen atoms in total. The first-order valence-corrected chi connectivity index (χ1v) is 3.42. The zero-order valence-electron chi connectivity index (χ0n) is 6.45. The lowest BCUT2D eigenvalue weighted by Gasteiger charge is -1.98. The third-order valence-corrected chi connectivity index (χ3v) is 1.29. The molecular formula is C7H11N3O.